The average molecular weight is 305 g/mol. The Morgan fingerprint density at radius 1 is 1.44 bits per heavy atom. The minimum absolute atomic E-state index is 0.204. The molecule has 1 fully saturated rings. The van der Waals surface area contributed by atoms with Crippen LogP contribution in [-0.4, -0.2) is 17.1 Å². The molecule has 2 atom stereocenters. The van der Waals surface area contributed by atoms with Gasteiger partial charge < -0.3 is 11.1 Å². The monoisotopic (exact) mass is 303 g/mol. The Hall–Kier alpha value is -0.320. The molecule has 3 N–H and O–H groups in total. The fourth-order valence-corrected chi connectivity index (χ4v) is 2.72. The van der Waals surface area contributed by atoms with Gasteiger partial charge in [-0.3, -0.25) is 0 Å². The van der Waals surface area contributed by atoms with Crippen LogP contribution < -0.4 is 11.1 Å². The van der Waals surface area contributed by atoms with Gasteiger partial charge in [-0.25, -0.2) is 4.98 Å². The summed E-state index contributed by atoms with van der Waals surface area (Å²) in [6.07, 6.45) is 6.35. The summed E-state index contributed by atoms with van der Waals surface area (Å²) in [6.45, 7) is 0. The molecule has 0 amide bonds. The molecule has 1 aromatic rings. The molecular formula is C11H15BrClN3. The number of rotatable bonds is 2. The van der Waals surface area contributed by atoms with Crippen molar-refractivity contribution in [2.75, 3.05) is 5.32 Å². The third kappa shape index (κ3) is 2.87. The first-order valence-electron chi connectivity index (χ1n) is 5.50. The van der Waals surface area contributed by atoms with E-state index >= 15 is 0 Å². The highest BCUT2D eigenvalue weighted by Gasteiger charge is 2.22. The molecule has 1 aliphatic rings. The summed E-state index contributed by atoms with van der Waals surface area (Å²) in [5, 5.41) is 3.97. The van der Waals surface area contributed by atoms with Crippen LogP contribution in [0, 0.1) is 0 Å². The molecule has 2 rings (SSSR count). The van der Waals surface area contributed by atoms with Crippen LogP contribution in [-0.2, 0) is 0 Å². The molecule has 5 heteroatoms. The van der Waals surface area contributed by atoms with Gasteiger partial charge in [-0.05, 0) is 34.8 Å². The van der Waals surface area contributed by atoms with E-state index in [9.17, 15) is 0 Å². The van der Waals surface area contributed by atoms with Gasteiger partial charge in [0.2, 0.25) is 0 Å². The lowest BCUT2D eigenvalue weighted by Crippen LogP contribution is -2.42. The summed E-state index contributed by atoms with van der Waals surface area (Å²) in [6, 6.07) is 2.33. The molecule has 88 valence electrons. The average Bonchev–Trinajstić information content (AvgIpc) is 2.25. The molecule has 0 aromatic carbocycles. The standard InChI is InChI=1S/C11H15BrClN3/c12-7-5-8(13)11(15-6-7)16-10-4-2-1-3-9(10)14/h5-6,9-10H,1-4,14H2,(H,15,16). The van der Waals surface area contributed by atoms with Gasteiger partial charge in [0.05, 0.1) is 5.02 Å². The number of hydrogen-bond acceptors (Lipinski definition) is 3. The lowest BCUT2D eigenvalue weighted by Gasteiger charge is -2.29. The molecule has 16 heavy (non-hydrogen) atoms. The normalized spacial score (nSPS) is 25.4. The zero-order valence-corrected chi connectivity index (χ0v) is 11.3. The van der Waals surface area contributed by atoms with Crippen molar-refractivity contribution in [3.8, 4) is 0 Å². The highest BCUT2D eigenvalue weighted by molar-refractivity contribution is 9.10. The van der Waals surface area contributed by atoms with E-state index in [1.807, 2.05) is 6.07 Å². The molecular weight excluding hydrogens is 289 g/mol. The number of nitrogens with one attached hydrogen (secondary N) is 1. The van der Waals surface area contributed by atoms with Gasteiger partial charge in [0.15, 0.2) is 0 Å². The van der Waals surface area contributed by atoms with E-state index in [1.165, 1.54) is 12.8 Å². The maximum Gasteiger partial charge on any atom is 0.145 e. The van der Waals surface area contributed by atoms with Crippen LogP contribution in [0.25, 0.3) is 0 Å². The number of pyridine rings is 1. The zero-order chi connectivity index (χ0) is 11.5. The van der Waals surface area contributed by atoms with E-state index in [1.54, 1.807) is 6.20 Å². The fourth-order valence-electron chi connectivity index (χ4n) is 2.04. The Kier molecular flexibility index (Phi) is 4.05. The van der Waals surface area contributed by atoms with Crippen molar-refractivity contribution in [1.82, 2.24) is 4.98 Å². The quantitative estimate of drug-likeness (QED) is 0.882. The van der Waals surface area contributed by atoms with Crippen molar-refractivity contribution in [3.05, 3.63) is 21.8 Å². The SMILES string of the molecule is NC1CCCCC1Nc1ncc(Br)cc1Cl. The van der Waals surface area contributed by atoms with Gasteiger partial charge in [-0.1, -0.05) is 24.4 Å². The van der Waals surface area contributed by atoms with Crippen molar-refractivity contribution >= 4 is 33.3 Å². The van der Waals surface area contributed by atoms with Crippen LogP contribution >= 0.6 is 27.5 Å². The number of aromatic nitrogens is 1. The number of anilines is 1. The summed E-state index contributed by atoms with van der Waals surface area (Å²) in [4.78, 5) is 4.26. The summed E-state index contributed by atoms with van der Waals surface area (Å²) >= 11 is 9.43. The predicted molar refractivity (Wildman–Crippen MR) is 70.8 cm³/mol. The summed E-state index contributed by atoms with van der Waals surface area (Å²) in [5.74, 6) is 0.729. The molecule has 1 heterocycles. The van der Waals surface area contributed by atoms with Gasteiger partial charge in [0.1, 0.15) is 5.82 Å². The van der Waals surface area contributed by atoms with E-state index in [2.05, 4.69) is 26.2 Å². The summed E-state index contributed by atoms with van der Waals surface area (Å²) in [5.41, 5.74) is 6.06. The maximum absolute atomic E-state index is 6.10. The van der Waals surface area contributed by atoms with E-state index in [0.29, 0.717) is 11.1 Å². The molecule has 3 nitrogen and oxygen atoms in total. The lowest BCUT2D eigenvalue weighted by atomic mass is 9.91. The molecule has 2 unspecified atom stereocenters. The van der Waals surface area contributed by atoms with Crippen LogP contribution in [0.3, 0.4) is 0 Å². The minimum atomic E-state index is 0.204. The highest BCUT2D eigenvalue weighted by Crippen LogP contribution is 2.26. The van der Waals surface area contributed by atoms with Crippen LogP contribution in [0.4, 0.5) is 5.82 Å². The van der Waals surface area contributed by atoms with Gasteiger partial charge in [0, 0.05) is 22.8 Å². The van der Waals surface area contributed by atoms with Crippen LogP contribution in [0.1, 0.15) is 25.7 Å². The number of nitrogens with zero attached hydrogens (tertiary/aromatic N) is 1. The number of hydrogen-bond donors (Lipinski definition) is 2. The summed E-state index contributed by atoms with van der Waals surface area (Å²) in [7, 11) is 0. The van der Waals surface area contributed by atoms with Crippen LogP contribution in [0.15, 0.2) is 16.7 Å². The summed E-state index contributed by atoms with van der Waals surface area (Å²) < 4.78 is 0.885. The first kappa shape index (κ1) is 12.1. The van der Waals surface area contributed by atoms with E-state index < -0.39 is 0 Å². The predicted octanol–water partition coefficient (Wildman–Crippen LogP) is 3.18. The number of nitrogens with two attached hydrogens (primary N) is 1. The first-order chi connectivity index (χ1) is 7.66. The Morgan fingerprint density at radius 3 is 2.88 bits per heavy atom. The largest absolute Gasteiger partial charge is 0.365 e. The van der Waals surface area contributed by atoms with Crippen molar-refractivity contribution in [2.45, 2.75) is 37.8 Å². The van der Waals surface area contributed by atoms with Gasteiger partial charge >= 0.3 is 0 Å². The van der Waals surface area contributed by atoms with Gasteiger partial charge in [0.25, 0.3) is 0 Å². The number of halogens is 2. The van der Waals surface area contributed by atoms with Crippen molar-refractivity contribution in [2.24, 2.45) is 5.73 Å². The molecule has 0 bridgehead atoms. The second-order valence-corrected chi connectivity index (χ2v) is 5.51. The Labute approximate surface area is 109 Å². The van der Waals surface area contributed by atoms with E-state index in [4.69, 9.17) is 17.3 Å². The molecule has 1 saturated carbocycles. The Bertz CT molecular complexity index is 372. The topological polar surface area (TPSA) is 50.9 Å². The second kappa shape index (κ2) is 5.34. The van der Waals surface area contributed by atoms with Gasteiger partial charge in [-0.2, -0.15) is 0 Å². The molecule has 0 saturated heterocycles. The van der Waals surface area contributed by atoms with Gasteiger partial charge in [-0.15, -0.1) is 0 Å². The third-order valence-corrected chi connectivity index (χ3v) is 3.67. The maximum atomic E-state index is 6.10. The van der Waals surface area contributed by atoms with Crippen molar-refractivity contribution in [1.29, 1.82) is 0 Å². The minimum Gasteiger partial charge on any atom is -0.365 e. The molecule has 0 aliphatic heterocycles. The highest BCUT2D eigenvalue weighted by atomic mass is 79.9. The van der Waals surface area contributed by atoms with Crippen LogP contribution in [0.2, 0.25) is 5.02 Å². The Morgan fingerprint density at radius 2 is 2.19 bits per heavy atom. The molecule has 0 spiro atoms. The molecule has 1 aliphatic carbocycles. The van der Waals surface area contributed by atoms with Crippen LogP contribution in [0.5, 0.6) is 0 Å². The van der Waals surface area contributed by atoms with Crippen molar-refractivity contribution < 1.29 is 0 Å². The fraction of sp³-hybridized carbons (Fsp3) is 0.545. The first-order valence-corrected chi connectivity index (χ1v) is 6.67. The second-order valence-electron chi connectivity index (χ2n) is 4.18. The molecule has 0 radical (unpaired) electrons. The third-order valence-electron chi connectivity index (χ3n) is 2.95. The smallest absolute Gasteiger partial charge is 0.145 e. The Balaban J connectivity index is 2.07. The molecule has 1 aromatic heterocycles. The van der Waals surface area contributed by atoms with Crippen molar-refractivity contribution in [3.63, 3.8) is 0 Å². The van der Waals surface area contributed by atoms with E-state index in [-0.39, 0.29) is 6.04 Å². The zero-order valence-electron chi connectivity index (χ0n) is 8.92. The lowest BCUT2D eigenvalue weighted by molar-refractivity contribution is 0.403. The van der Waals surface area contributed by atoms with E-state index in [0.717, 1.165) is 23.1 Å².